The Labute approximate surface area is 123 Å². The van der Waals surface area contributed by atoms with Crippen molar-refractivity contribution in [2.45, 2.75) is 32.7 Å². The summed E-state index contributed by atoms with van der Waals surface area (Å²) in [6.45, 7) is 4.65. The third-order valence-corrected chi connectivity index (χ3v) is 4.78. The van der Waals surface area contributed by atoms with E-state index in [1.807, 2.05) is 18.4 Å². The second-order valence-corrected chi connectivity index (χ2v) is 6.27. The normalized spacial score (nSPS) is 14.5. The van der Waals surface area contributed by atoms with E-state index >= 15 is 0 Å². The zero-order valence-electron chi connectivity index (χ0n) is 12.1. The molecular weight excluding hydrogens is 270 g/mol. The quantitative estimate of drug-likeness (QED) is 0.931. The highest BCUT2D eigenvalue weighted by Gasteiger charge is 2.17. The molecule has 3 rings (SSSR count). The highest BCUT2D eigenvalue weighted by atomic mass is 32.1. The van der Waals surface area contributed by atoms with Crippen molar-refractivity contribution in [3.63, 3.8) is 0 Å². The first kappa shape index (κ1) is 13.7. The molecule has 20 heavy (non-hydrogen) atoms. The fraction of sp³-hybridized carbons (Fsp3) is 0.500. The van der Waals surface area contributed by atoms with E-state index in [0.29, 0.717) is 0 Å². The van der Waals surface area contributed by atoms with Gasteiger partial charge in [-0.1, -0.05) is 13.3 Å². The minimum absolute atomic E-state index is 0.745. The Bertz CT molecular complexity index is 606. The van der Waals surface area contributed by atoms with Crippen LogP contribution in [0, 0.1) is 0 Å². The van der Waals surface area contributed by atoms with Gasteiger partial charge in [-0.05, 0) is 30.5 Å². The molecule has 0 amide bonds. The van der Waals surface area contributed by atoms with Gasteiger partial charge in [0.05, 0.1) is 13.2 Å². The van der Waals surface area contributed by atoms with Crippen LogP contribution >= 0.6 is 11.3 Å². The number of thiophene rings is 1. The Kier molecular flexibility index (Phi) is 4.13. The molecule has 1 aliphatic rings. The first-order chi connectivity index (χ1) is 9.83. The number of aryl methyl sites for hydroxylation is 1. The predicted molar refractivity (Wildman–Crippen MR) is 84.2 cm³/mol. The molecule has 1 aromatic carbocycles. The van der Waals surface area contributed by atoms with Crippen molar-refractivity contribution in [2.24, 2.45) is 0 Å². The van der Waals surface area contributed by atoms with E-state index in [2.05, 4.69) is 24.4 Å². The van der Waals surface area contributed by atoms with Crippen LogP contribution in [0.15, 0.2) is 12.1 Å². The minimum atomic E-state index is 0.745. The van der Waals surface area contributed by atoms with E-state index in [1.54, 1.807) is 0 Å². The molecule has 2 heterocycles. The van der Waals surface area contributed by atoms with Gasteiger partial charge in [-0.3, -0.25) is 0 Å². The smallest absolute Gasteiger partial charge is 0.162 e. The third-order valence-electron chi connectivity index (χ3n) is 3.58. The first-order valence-corrected chi connectivity index (χ1v) is 8.13. The second kappa shape index (κ2) is 6.02. The van der Waals surface area contributed by atoms with Crippen LogP contribution in [0.3, 0.4) is 0 Å². The van der Waals surface area contributed by atoms with Crippen LogP contribution in [0.4, 0.5) is 0 Å². The highest BCUT2D eigenvalue weighted by molar-refractivity contribution is 7.19. The average molecular weight is 291 g/mol. The number of nitrogens with one attached hydrogen (secondary N) is 1. The molecule has 1 aliphatic heterocycles. The molecule has 1 N–H and O–H groups in total. The lowest BCUT2D eigenvalue weighted by molar-refractivity contribution is 0.297. The number of hydrogen-bond acceptors (Lipinski definition) is 4. The van der Waals surface area contributed by atoms with Crippen molar-refractivity contribution >= 4 is 21.4 Å². The summed E-state index contributed by atoms with van der Waals surface area (Å²) < 4.78 is 12.9. The van der Waals surface area contributed by atoms with Crippen molar-refractivity contribution in [1.82, 2.24) is 5.32 Å². The van der Waals surface area contributed by atoms with E-state index in [9.17, 15) is 0 Å². The molecule has 0 saturated heterocycles. The standard InChI is InChI=1S/C16H21NO2S/c1-3-5-11-12-8-13-14(19-7-4-6-18-13)9-15(12)20-16(11)10-17-2/h8-9,17H,3-7,10H2,1-2H3. The van der Waals surface area contributed by atoms with E-state index in [1.165, 1.54) is 20.5 Å². The molecule has 0 atom stereocenters. The van der Waals surface area contributed by atoms with Gasteiger partial charge < -0.3 is 14.8 Å². The van der Waals surface area contributed by atoms with Gasteiger partial charge in [0.15, 0.2) is 11.5 Å². The van der Waals surface area contributed by atoms with E-state index in [0.717, 1.165) is 50.5 Å². The predicted octanol–water partition coefficient (Wildman–Crippen LogP) is 3.73. The van der Waals surface area contributed by atoms with Crippen LogP contribution in [-0.4, -0.2) is 20.3 Å². The Morgan fingerprint density at radius 2 is 1.95 bits per heavy atom. The maximum Gasteiger partial charge on any atom is 0.162 e. The summed E-state index contributed by atoms with van der Waals surface area (Å²) in [5, 5.41) is 4.61. The van der Waals surface area contributed by atoms with Crippen LogP contribution < -0.4 is 14.8 Å². The fourth-order valence-electron chi connectivity index (χ4n) is 2.68. The highest BCUT2D eigenvalue weighted by Crippen LogP contribution is 2.40. The molecule has 0 unspecified atom stereocenters. The Balaban J connectivity index is 2.12. The maximum atomic E-state index is 5.82. The monoisotopic (exact) mass is 291 g/mol. The van der Waals surface area contributed by atoms with Crippen molar-refractivity contribution in [1.29, 1.82) is 0 Å². The molecule has 3 nitrogen and oxygen atoms in total. The molecule has 0 saturated carbocycles. The fourth-order valence-corrected chi connectivity index (χ4v) is 3.96. The average Bonchev–Trinajstić information content (AvgIpc) is 2.62. The number of benzene rings is 1. The van der Waals surface area contributed by atoms with Crippen molar-refractivity contribution in [3.05, 3.63) is 22.6 Å². The van der Waals surface area contributed by atoms with E-state index in [4.69, 9.17) is 9.47 Å². The molecule has 0 bridgehead atoms. The molecule has 4 heteroatoms. The maximum absolute atomic E-state index is 5.82. The largest absolute Gasteiger partial charge is 0.490 e. The van der Waals surface area contributed by atoms with Gasteiger partial charge in [0.2, 0.25) is 0 Å². The van der Waals surface area contributed by atoms with Gasteiger partial charge in [0, 0.05) is 28.6 Å². The molecule has 0 fully saturated rings. The number of rotatable bonds is 4. The van der Waals surface area contributed by atoms with Gasteiger partial charge in [-0.2, -0.15) is 0 Å². The molecular formula is C16H21NO2S. The molecule has 2 aromatic rings. The molecule has 1 aromatic heterocycles. The van der Waals surface area contributed by atoms with Crippen LogP contribution in [0.1, 0.15) is 30.2 Å². The second-order valence-electron chi connectivity index (χ2n) is 5.13. The summed E-state index contributed by atoms with van der Waals surface area (Å²) in [5.41, 5.74) is 1.47. The molecule has 0 aliphatic carbocycles. The summed E-state index contributed by atoms with van der Waals surface area (Å²) in [4.78, 5) is 1.43. The number of fused-ring (bicyclic) bond motifs is 2. The van der Waals surface area contributed by atoms with Crippen molar-refractivity contribution < 1.29 is 9.47 Å². The van der Waals surface area contributed by atoms with Crippen molar-refractivity contribution in [3.8, 4) is 11.5 Å². The Hall–Kier alpha value is -1.26. The van der Waals surface area contributed by atoms with Crippen LogP contribution in [-0.2, 0) is 13.0 Å². The SMILES string of the molecule is CCCc1c(CNC)sc2cc3c(cc12)OCCCO3. The summed E-state index contributed by atoms with van der Waals surface area (Å²) in [6, 6.07) is 4.33. The molecule has 0 radical (unpaired) electrons. The third kappa shape index (κ3) is 2.50. The summed E-state index contributed by atoms with van der Waals surface area (Å²) in [5.74, 6) is 1.80. The van der Waals surface area contributed by atoms with E-state index in [-0.39, 0.29) is 0 Å². The first-order valence-electron chi connectivity index (χ1n) is 7.32. The van der Waals surface area contributed by atoms with Gasteiger partial charge in [0.25, 0.3) is 0 Å². The minimum Gasteiger partial charge on any atom is -0.490 e. The Morgan fingerprint density at radius 3 is 2.65 bits per heavy atom. The molecule has 108 valence electrons. The zero-order valence-corrected chi connectivity index (χ0v) is 12.9. The lowest BCUT2D eigenvalue weighted by Gasteiger charge is -2.08. The summed E-state index contributed by atoms with van der Waals surface area (Å²) >= 11 is 1.87. The van der Waals surface area contributed by atoms with Crippen molar-refractivity contribution in [2.75, 3.05) is 20.3 Å². The lowest BCUT2D eigenvalue weighted by Crippen LogP contribution is -2.05. The van der Waals surface area contributed by atoms with Crippen LogP contribution in [0.5, 0.6) is 11.5 Å². The molecule has 0 spiro atoms. The number of hydrogen-bond donors (Lipinski definition) is 1. The van der Waals surface area contributed by atoms with Crippen LogP contribution in [0.25, 0.3) is 10.1 Å². The Morgan fingerprint density at radius 1 is 1.20 bits per heavy atom. The van der Waals surface area contributed by atoms with Gasteiger partial charge in [-0.15, -0.1) is 11.3 Å². The lowest BCUT2D eigenvalue weighted by atomic mass is 10.1. The zero-order chi connectivity index (χ0) is 13.9. The van der Waals surface area contributed by atoms with Crippen LogP contribution in [0.2, 0.25) is 0 Å². The van der Waals surface area contributed by atoms with Gasteiger partial charge >= 0.3 is 0 Å². The van der Waals surface area contributed by atoms with E-state index < -0.39 is 0 Å². The summed E-state index contributed by atoms with van der Waals surface area (Å²) in [7, 11) is 2.00. The van der Waals surface area contributed by atoms with Gasteiger partial charge in [-0.25, -0.2) is 0 Å². The van der Waals surface area contributed by atoms with Gasteiger partial charge in [0.1, 0.15) is 0 Å². The number of ether oxygens (including phenoxy) is 2. The summed E-state index contributed by atoms with van der Waals surface area (Å²) in [6.07, 6.45) is 3.24. The topological polar surface area (TPSA) is 30.5 Å².